The highest BCUT2D eigenvalue weighted by molar-refractivity contribution is 5.62. The van der Waals surface area contributed by atoms with Gasteiger partial charge in [-0.25, -0.2) is 9.59 Å². The zero-order valence-electron chi connectivity index (χ0n) is 8.02. The van der Waals surface area contributed by atoms with Gasteiger partial charge in [-0.05, 0) is 13.8 Å². The van der Waals surface area contributed by atoms with Gasteiger partial charge in [0, 0.05) is 0 Å². The van der Waals surface area contributed by atoms with E-state index in [1.807, 2.05) is 0 Å². The van der Waals surface area contributed by atoms with Crippen molar-refractivity contribution in [3.63, 3.8) is 0 Å². The summed E-state index contributed by atoms with van der Waals surface area (Å²) >= 11 is 0. The van der Waals surface area contributed by atoms with Crippen molar-refractivity contribution in [2.24, 2.45) is 0 Å². The molecule has 0 aromatic carbocycles. The number of hydrogen-bond donors (Lipinski definition) is 0. The Balaban J connectivity index is 0.000000245. The summed E-state index contributed by atoms with van der Waals surface area (Å²) in [4.78, 5) is 20.0. The first kappa shape index (κ1) is 13.5. The molecular weight excluding hydrogens is 204 g/mol. The summed E-state index contributed by atoms with van der Waals surface area (Å²) in [5.74, 6) is 0. The molecule has 2 aliphatic heterocycles. The van der Waals surface area contributed by atoms with Crippen molar-refractivity contribution in [1.82, 2.24) is 0 Å². The molecule has 0 spiro atoms. The highest BCUT2D eigenvalue weighted by atomic mass is 16.8. The molecule has 88 valence electrons. The van der Waals surface area contributed by atoms with Gasteiger partial charge < -0.3 is 18.9 Å². The van der Waals surface area contributed by atoms with Gasteiger partial charge in [-0.1, -0.05) is 7.43 Å². The average molecular weight is 220 g/mol. The fourth-order valence-corrected chi connectivity index (χ4v) is 0.835. The van der Waals surface area contributed by atoms with E-state index in [-0.39, 0.29) is 19.6 Å². The molecule has 0 amide bonds. The summed E-state index contributed by atoms with van der Waals surface area (Å²) in [6.45, 7) is 4.37. The first-order valence-corrected chi connectivity index (χ1v) is 4.24. The van der Waals surface area contributed by atoms with E-state index >= 15 is 0 Å². The van der Waals surface area contributed by atoms with Crippen molar-refractivity contribution in [3.05, 3.63) is 0 Å². The molecule has 0 N–H and O–H groups in total. The standard InChI is InChI=1S/2C4H6O3.CH4/c2*1-3-2-6-4(5)7-3;/h2*3H,2H2,1H3;1H4. The molecule has 0 saturated carbocycles. The Morgan fingerprint density at radius 3 is 1.33 bits per heavy atom. The van der Waals surface area contributed by atoms with Crippen molar-refractivity contribution in [2.75, 3.05) is 13.2 Å². The summed E-state index contributed by atoms with van der Waals surface area (Å²) in [7, 11) is 0. The van der Waals surface area contributed by atoms with E-state index in [2.05, 4.69) is 18.9 Å². The Morgan fingerprint density at radius 2 is 1.27 bits per heavy atom. The molecule has 0 radical (unpaired) electrons. The van der Waals surface area contributed by atoms with Gasteiger partial charge in [0.05, 0.1) is 0 Å². The van der Waals surface area contributed by atoms with Crippen LogP contribution < -0.4 is 0 Å². The van der Waals surface area contributed by atoms with E-state index in [9.17, 15) is 9.59 Å². The maximum Gasteiger partial charge on any atom is 0.508 e. The topological polar surface area (TPSA) is 71.1 Å². The molecule has 6 nitrogen and oxygen atoms in total. The fourth-order valence-electron chi connectivity index (χ4n) is 0.835. The molecule has 2 heterocycles. The Hall–Kier alpha value is -1.46. The van der Waals surface area contributed by atoms with Gasteiger partial charge in [0.15, 0.2) is 0 Å². The molecule has 0 aromatic heterocycles. The quantitative estimate of drug-likeness (QED) is 0.579. The Labute approximate surface area is 88.4 Å². The van der Waals surface area contributed by atoms with E-state index in [0.29, 0.717) is 13.2 Å². The number of carbonyl (C=O) groups excluding carboxylic acids is 2. The molecule has 2 fully saturated rings. The molecule has 2 atom stereocenters. The third kappa shape index (κ3) is 5.09. The summed E-state index contributed by atoms with van der Waals surface area (Å²) < 4.78 is 17.8. The zero-order chi connectivity index (χ0) is 10.6. The normalized spacial score (nSPS) is 27.3. The van der Waals surface area contributed by atoms with Crippen molar-refractivity contribution < 1.29 is 28.5 Å². The second-order valence-corrected chi connectivity index (χ2v) is 2.98. The van der Waals surface area contributed by atoms with Crippen LogP contribution in [0, 0.1) is 0 Å². The molecule has 0 aliphatic carbocycles. The minimum absolute atomic E-state index is 0. The lowest BCUT2D eigenvalue weighted by Crippen LogP contribution is -2.01. The van der Waals surface area contributed by atoms with Crippen LogP contribution in [0.2, 0.25) is 0 Å². The minimum atomic E-state index is -0.549. The molecule has 6 heteroatoms. The largest absolute Gasteiger partial charge is 0.508 e. The Kier molecular flexibility index (Phi) is 5.51. The van der Waals surface area contributed by atoms with Crippen molar-refractivity contribution in [1.29, 1.82) is 0 Å². The number of carbonyl (C=O) groups is 2. The molecule has 2 aliphatic rings. The number of ether oxygens (including phenoxy) is 4. The van der Waals surface area contributed by atoms with Gasteiger partial charge in [-0.15, -0.1) is 0 Å². The van der Waals surface area contributed by atoms with Crippen LogP contribution in [0.1, 0.15) is 21.3 Å². The molecule has 2 rings (SSSR count). The van der Waals surface area contributed by atoms with Gasteiger partial charge in [0.1, 0.15) is 25.4 Å². The van der Waals surface area contributed by atoms with E-state index in [1.165, 1.54) is 0 Å². The van der Waals surface area contributed by atoms with Crippen molar-refractivity contribution in [2.45, 2.75) is 33.5 Å². The smallest absolute Gasteiger partial charge is 0.430 e. The van der Waals surface area contributed by atoms with Crippen molar-refractivity contribution in [3.8, 4) is 0 Å². The number of cyclic esters (lactones) is 4. The van der Waals surface area contributed by atoms with Gasteiger partial charge in [-0.3, -0.25) is 0 Å². The van der Waals surface area contributed by atoms with Crippen LogP contribution in [0.3, 0.4) is 0 Å². The van der Waals surface area contributed by atoms with Crippen LogP contribution in [-0.4, -0.2) is 37.7 Å². The number of rotatable bonds is 0. The van der Waals surface area contributed by atoms with E-state index in [0.717, 1.165) is 0 Å². The Bertz CT molecular complexity index is 203. The molecule has 0 bridgehead atoms. The van der Waals surface area contributed by atoms with Crippen LogP contribution in [-0.2, 0) is 18.9 Å². The Morgan fingerprint density at radius 1 is 0.933 bits per heavy atom. The summed E-state index contributed by atoms with van der Waals surface area (Å²) in [5, 5.41) is 0. The predicted molar refractivity (Wildman–Crippen MR) is 50.5 cm³/mol. The monoisotopic (exact) mass is 220 g/mol. The summed E-state index contributed by atoms with van der Waals surface area (Å²) in [5.41, 5.74) is 0. The maximum atomic E-state index is 10.0. The van der Waals surface area contributed by atoms with Gasteiger partial charge in [0.2, 0.25) is 0 Å². The van der Waals surface area contributed by atoms with Crippen LogP contribution >= 0.6 is 0 Å². The molecule has 0 aromatic rings. The summed E-state index contributed by atoms with van der Waals surface area (Å²) in [6.07, 6.45) is -1.19. The van der Waals surface area contributed by atoms with Crippen LogP contribution in [0.25, 0.3) is 0 Å². The first-order valence-electron chi connectivity index (χ1n) is 4.24. The molecule has 15 heavy (non-hydrogen) atoms. The maximum absolute atomic E-state index is 10.0. The SMILES string of the molecule is C.CC1COC(=O)O1.CC1COC(=O)O1. The van der Waals surface area contributed by atoms with Crippen LogP contribution in [0.15, 0.2) is 0 Å². The third-order valence-corrected chi connectivity index (χ3v) is 1.47. The molecule has 2 saturated heterocycles. The van der Waals surface area contributed by atoms with E-state index < -0.39 is 12.3 Å². The lowest BCUT2D eigenvalue weighted by molar-refractivity contribution is 0.120. The van der Waals surface area contributed by atoms with Crippen molar-refractivity contribution >= 4 is 12.3 Å². The van der Waals surface area contributed by atoms with Gasteiger partial charge in [-0.2, -0.15) is 0 Å². The molecular formula is C9H16O6. The summed E-state index contributed by atoms with van der Waals surface area (Å²) in [6, 6.07) is 0. The second kappa shape index (κ2) is 6.10. The van der Waals surface area contributed by atoms with Gasteiger partial charge >= 0.3 is 12.3 Å². The van der Waals surface area contributed by atoms with E-state index in [1.54, 1.807) is 13.8 Å². The fraction of sp³-hybridized carbons (Fsp3) is 0.778. The number of hydrogen-bond acceptors (Lipinski definition) is 6. The minimum Gasteiger partial charge on any atom is -0.430 e. The predicted octanol–water partition coefficient (Wildman–Crippen LogP) is 1.72. The highest BCUT2D eigenvalue weighted by Gasteiger charge is 2.19. The van der Waals surface area contributed by atoms with Gasteiger partial charge in [0.25, 0.3) is 0 Å². The van der Waals surface area contributed by atoms with E-state index in [4.69, 9.17) is 0 Å². The first-order chi connectivity index (χ1) is 6.58. The van der Waals surface area contributed by atoms with Crippen LogP contribution in [0.4, 0.5) is 9.59 Å². The molecule has 2 unspecified atom stereocenters. The average Bonchev–Trinajstić information content (AvgIpc) is 2.63. The zero-order valence-corrected chi connectivity index (χ0v) is 8.02. The lowest BCUT2D eigenvalue weighted by Gasteiger charge is -1.90. The third-order valence-electron chi connectivity index (χ3n) is 1.47. The van der Waals surface area contributed by atoms with Crippen LogP contribution in [0.5, 0.6) is 0 Å². The lowest BCUT2D eigenvalue weighted by atomic mass is 10.5. The highest BCUT2D eigenvalue weighted by Crippen LogP contribution is 2.03. The second-order valence-electron chi connectivity index (χ2n) is 2.98.